The Morgan fingerprint density at radius 2 is 2.30 bits per heavy atom. The Morgan fingerprint density at radius 1 is 1.52 bits per heavy atom. The lowest BCUT2D eigenvalue weighted by Gasteiger charge is -2.49. The minimum absolute atomic E-state index is 0.0956. The van der Waals surface area contributed by atoms with Crippen molar-refractivity contribution >= 4 is 69.8 Å². The first-order chi connectivity index (χ1) is 15.9. The zero-order valence-electron chi connectivity index (χ0n) is 17.3. The highest BCUT2D eigenvalue weighted by molar-refractivity contribution is 8.08. The lowest BCUT2D eigenvalue weighted by molar-refractivity contribution is -0.150. The van der Waals surface area contributed by atoms with Gasteiger partial charge in [0.25, 0.3) is 11.8 Å². The van der Waals surface area contributed by atoms with Gasteiger partial charge >= 0.3 is 5.97 Å². The van der Waals surface area contributed by atoms with Crippen molar-refractivity contribution < 1.29 is 24.3 Å². The van der Waals surface area contributed by atoms with Crippen LogP contribution < -0.4 is 16.8 Å². The second-order valence-electron chi connectivity index (χ2n) is 6.37. The number of nitrogens with two attached hydrogens (primary N) is 2. The third kappa shape index (κ3) is 5.48. The lowest BCUT2D eigenvalue weighted by Crippen LogP contribution is -2.71. The van der Waals surface area contributed by atoms with Gasteiger partial charge in [-0.2, -0.15) is 0 Å². The summed E-state index contributed by atoms with van der Waals surface area (Å²) in [6.45, 7) is 2.30. The average molecular weight is 512 g/mol. The van der Waals surface area contributed by atoms with Crippen LogP contribution in [0.25, 0.3) is 0 Å². The molecule has 176 valence electrons. The molecule has 15 heteroatoms. The Kier molecular flexibility index (Phi) is 8.35. The van der Waals surface area contributed by atoms with Crippen LogP contribution in [0.1, 0.15) is 12.6 Å². The molecule has 2 aliphatic rings. The maximum atomic E-state index is 12.8. The van der Waals surface area contributed by atoms with Crippen molar-refractivity contribution in [2.75, 3.05) is 24.6 Å². The molecule has 1 aromatic heterocycles. The summed E-state index contributed by atoms with van der Waals surface area (Å²) >= 11 is 3.69. The summed E-state index contributed by atoms with van der Waals surface area (Å²) in [5.41, 5.74) is 10.8. The molecule has 12 nitrogen and oxygen atoms in total. The zero-order chi connectivity index (χ0) is 24.0. The van der Waals surface area contributed by atoms with Crippen LogP contribution in [-0.2, 0) is 19.2 Å². The maximum Gasteiger partial charge on any atom is 0.353 e. The van der Waals surface area contributed by atoms with E-state index in [9.17, 15) is 19.5 Å². The van der Waals surface area contributed by atoms with Crippen molar-refractivity contribution in [2.24, 2.45) is 15.9 Å². The first kappa shape index (κ1) is 24.6. The summed E-state index contributed by atoms with van der Waals surface area (Å²) in [5.74, 6) is -2.05. The standard InChI is InChI=1S/C18H21N7O5S3/c1-2-30-24-11(9-6-33-18(20)22-9)14(26)23-12-15(27)25-13(17(28)29)10(7-32-16(12)25)31-5-3-4-21-8-19/h3,5-6,8,12,16H,2,4,7H2,1H3,(H2,19,21)(H2,20,22)(H,23,26)(H,28,29)/b5-3-,24-11-/t12?,16-/m1/s1. The Balaban J connectivity index is 1.74. The van der Waals surface area contributed by atoms with E-state index >= 15 is 0 Å². The van der Waals surface area contributed by atoms with Crippen LogP contribution in [0.4, 0.5) is 5.13 Å². The van der Waals surface area contributed by atoms with Crippen LogP contribution in [0.2, 0.25) is 0 Å². The van der Waals surface area contributed by atoms with Crippen LogP contribution in [0.3, 0.4) is 0 Å². The molecular formula is C18H21N7O5S3. The number of hydrogen-bond acceptors (Lipinski definition) is 11. The molecule has 2 aliphatic heterocycles. The molecule has 3 heterocycles. The number of carbonyl (C=O) groups excluding carboxylic acids is 2. The summed E-state index contributed by atoms with van der Waals surface area (Å²) < 4.78 is 0. The third-order valence-electron chi connectivity index (χ3n) is 4.31. The number of carbonyl (C=O) groups is 3. The molecule has 0 radical (unpaired) electrons. The number of aromatic nitrogens is 1. The van der Waals surface area contributed by atoms with E-state index in [-0.39, 0.29) is 28.8 Å². The number of anilines is 1. The van der Waals surface area contributed by atoms with Gasteiger partial charge in [0.15, 0.2) is 10.8 Å². The van der Waals surface area contributed by atoms with Crippen molar-refractivity contribution in [3.8, 4) is 0 Å². The normalized spacial score (nSPS) is 20.8. The number of carboxylic acids is 1. The smallest absolute Gasteiger partial charge is 0.353 e. The average Bonchev–Trinajstić information content (AvgIpc) is 3.22. The van der Waals surface area contributed by atoms with Crippen molar-refractivity contribution in [2.45, 2.75) is 18.3 Å². The molecule has 2 amide bonds. The van der Waals surface area contributed by atoms with Crippen LogP contribution >= 0.6 is 34.9 Å². The Bertz CT molecular complexity index is 1050. The summed E-state index contributed by atoms with van der Waals surface area (Å²) in [6.07, 6.45) is 2.90. The number of thioether (sulfide) groups is 2. The van der Waals surface area contributed by atoms with Crippen LogP contribution in [0, 0.1) is 0 Å². The van der Waals surface area contributed by atoms with Crippen molar-refractivity contribution in [3.05, 3.63) is 33.2 Å². The van der Waals surface area contributed by atoms with Crippen molar-refractivity contribution in [1.82, 2.24) is 15.2 Å². The third-order valence-corrected chi connectivity index (χ3v) is 7.40. The SMILES string of the molecule is CCO/N=C(\C(=O)NC1C(=O)N2C(C(=O)O)=C(S/C=C\CN=CN)CS[C@H]12)c1csc(N)n1. The molecule has 0 aliphatic carbocycles. The maximum absolute atomic E-state index is 12.8. The van der Waals surface area contributed by atoms with Crippen LogP contribution in [-0.4, -0.2) is 75.1 Å². The lowest BCUT2D eigenvalue weighted by atomic mass is 10.0. The van der Waals surface area contributed by atoms with Gasteiger partial charge in [-0.1, -0.05) is 23.0 Å². The number of thiazole rings is 1. The van der Waals surface area contributed by atoms with Gasteiger partial charge < -0.3 is 26.7 Å². The fourth-order valence-corrected chi connectivity index (χ4v) is 5.78. The predicted octanol–water partition coefficient (Wildman–Crippen LogP) is 0.396. The Labute approximate surface area is 201 Å². The monoisotopic (exact) mass is 511 g/mol. The number of fused-ring (bicyclic) bond motifs is 1. The van der Waals surface area contributed by atoms with E-state index in [0.29, 0.717) is 17.2 Å². The van der Waals surface area contributed by atoms with Gasteiger partial charge in [-0.3, -0.25) is 19.5 Å². The fourth-order valence-electron chi connectivity index (χ4n) is 2.92. The highest BCUT2D eigenvalue weighted by Gasteiger charge is 2.54. The van der Waals surface area contributed by atoms with E-state index < -0.39 is 29.2 Å². The number of oxime groups is 1. The van der Waals surface area contributed by atoms with Gasteiger partial charge in [-0.25, -0.2) is 9.78 Å². The van der Waals surface area contributed by atoms with E-state index in [1.165, 1.54) is 34.8 Å². The number of β-lactam (4-membered cyclic amide) rings is 1. The first-order valence-corrected chi connectivity index (χ1v) is 12.3. The summed E-state index contributed by atoms with van der Waals surface area (Å²) in [4.78, 5) is 52.2. The molecule has 1 saturated heterocycles. The quantitative estimate of drug-likeness (QED) is 0.148. The summed E-state index contributed by atoms with van der Waals surface area (Å²) in [6, 6.07) is -0.916. The number of aliphatic imine (C=N–C) groups is 1. The number of hydrogen-bond donors (Lipinski definition) is 4. The van der Waals surface area contributed by atoms with E-state index in [1.807, 2.05) is 0 Å². The van der Waals surface area contributed by atoms with Gasteiger partial charge in [-0.05, 0) is 12.3 Å². The topological polar surface area (TPSA) is 186 Å². The number of rotatable bonds is 10. The molecule has 1 unspecified atom stereocenters. The molecule has 2 atom stereocenters. The Hall–Kier alpha value is -3.04. The molecule has 0 aromatic carbocycles. The fraction of sp³-hybridized carbons (Fsp3) is 0.333. The van der Waals surface area contributed by atoms with Crippen molar-refractivity contribution in [1.29, 1.82) is 0 Å². The predicted molar refractivity (Wildman–Crippen MR) is 129 cm³/mol. The van der Waals surface area contributed by atoms with Gasteiger partial charge in [0, 0.05) is 16.0 Å². The minimum atomic E-state index is -1.22. The highest BCUT2D eigenvalue weighted by Crippen LogP contribution is 2.43. The minimum Gasteiger partial charge on any atom is -0.477 e. The largest absolute Gasteiger partial charge is 0.477 e. The molecule has 33 heavy (non-hydrogen) atoms. The number of nitrogens with one attached hydrogen (secondary N) is 1. The molecule has 0 spiro atoms. The second kappa shape index (κ2) is 11.2. The van der Waals surface area contributed by atoms with Gasteiger partial charge in [0.1, 0.15) is 29.4 Å². The summed E-state index contributed by atoms with van der Waals surface area (Å²) in [5, 5.41) is 19.1. The van der Waals surface area contributed by atoms with E-state index in [2.05, 4.69) is 20.4 Å². The van der Waals surface area contributed by atoms with Gasteiger partial charge in [-0.15, -0.1) is 23.1 Å². The number of aliphatic carboxylic acids is 1. The van der Waals surface area contributed by atoms with Gasteiger partial charge in [0.2, 0.25) is 0 Å². The van der Waals surface area contributed by atoms with Crippen LogP contribution in [0.5, 0.6) is 0 Å². The second-order valence-corrected chi connectivity index (χ2v) is 9.37. The molecule has 3 rings (SSSR count). The molecular weight excluding hydrogens is 490 g/mol. The Morgan fingerprint density at radius 3 is 2.94 bits per heavy atom. The van der Waals surface area contributed by atoms with Gasteiger partial charge in [0.05, 0.1) is 12.9 Å². The number of amides is 2. The van der Waals surface area contributed by atoms with Crippen LogP contribution in [0.15, 0.2) is 37.6 Å². The molecule has 0 bridgehead atoms. The van der Waals surface area contributed by atoms with E-state index in [1.54, 1.807) is 23.8 Å². The highest BCUT2D eigenvalue weighted by atomic mass is 32.2. The molecule has 1 aromatic rings. The number of nitrogens with zero attached hydrogens (tertiary/aromatic N) is 4. The molecule has 1 fully saturated rings. The number of nitrogen functional groups attached to an aromatic ring is 1. The molecule has 0 saturated carbocycles. The first-order valence-electron chi connectivity index (χ1n) is 9.54. The summed E-state index contributed by atoms with van der Waals surface area (Å²) in [7, 11) is 0. The van der Waals surface area contributed by atoms with E-state index in [0.717, 1.165) is 11.3 Å². The van der Waals surface area contributed by atoms with E-state index in [4.69, 9.17) is 16.3 Å². The number of carboxylic acid groups (broad SMARTS) is 1. The molecule has 6 N–H and O–H groups in total. The van der Waals surface area contributed by atoms with Crippen molar-refractivity contribution in [3.63, 3.8) is 0 Å². The zero-order valence-corrected chi connectivity index (χ0v) is 19.8.